The van der Waals surface area contributed by atoms with Crippen LogP contribution in [0.3, 0.4) is 0 Å². The number of amides is 2. The van der Waals surface area contributed by atoms with Gasteiger partial charge in [0.15, 0.2) is 0 Å². The van der Waals surface area contributed by atoms with Gasteiger partial charge in [-0.25, -0.2) is 9.78 Å². The van der Waals surface area contributed by atoms with Crippen LogP contribution in [0.1, 0.15) is 38.7 Å². The predicted octanol–water partition coefficient (Wildman–Crippen LogP) is 2.05. The van der Waals surface area contributed by atoms with Crippen molar-refractivity contribution in [3.05, 3.63) is 17.6 Å². The molecule has 0 radical (unpaired) electrons. The first kappa shape index (κ1) is 15.5. The Labute approximate surface area is 125 Å². The number of carbonyl (C=O) groups excluding carboxylic acids is 1. The monoisotopic (exact) mass is 292 g/mol. The molecule has 1 aliphatic heterocycles. The molecule has 1 saturated heterocycles. The molecule has 1 atom stereocenters. The van der Waals surface area contributed by atoms with E-state index in [2.05, 4.69) is 15.3 Å². The normalized spacial score (nSPS) is 18.7. The van der Waals surface area contributed by atoms with Crippen LogP contribution >= 0.6 is 0 Å². The molecule has 6 heteroatoms. The summed E-state index contributed by atoms with van der Waals surface area (Å²) in [5.41, 5.74) is 0.662. The number of likely N-dealkylation sites (tertiary alicyclic amines) is 1. The summed E-state index contributed by atoms with van der Waals surface area (Å²) in [6, 6.07) is 1.79. The Hall–Kier alpha value is -1.85. The zero-order valence-corrected chi connectivity index (χ0v) is 13.4. The van der Waals surface area contributed by atoms with Crippen molar-refractivity contribution in [1.29, 1.82) is 0 Å². The van der Waals surface area contributed by atoms with Crippen molar-refractivity contribution in [3.63, 3.8) is 0 Å². The molecule has 21 heavy (non-hydrogen) atoms. The summed E-state index contributed by atoms with van der Waals surface area (Å²) in [4.78, 5) is 22.4. The van der Waals surface area contributed by atoms with E-state index in [1.54, 1.807) is 4.90 Å². The van der Waals surface area contributed by atoms with Gasteiger partial charge in [-0.1, -0.05) is 0 Å². The van der Waals surface area contributed by atoms with E-state index in [-0.39, 0.29) is 17.7 Å². The van der Waals surface area contributed by atoms with Crippen LogP contribution in [0, 0.1) is 13.8 Å². The van der Waals surface area contributed by atoms with Crippen LogP contribution in [-0.2, 0) is 0 Å². The van der Waals surface area contributed by atoms with Crippen molar-refractivity contribution in [2.45, 2.75) is 52.7 Å². The number of nitrogens with zero attached hydrogens (tertiary/aromatic N) is 3. The standard InChI is InChI=1S/C15H24N4O2/c1-10-8-13(17-11(2)16-10)21-12-6-7-19(9-12)14(20)18-15(3,4)5/h8,12H,6-7,9H2,1-5H3,(H,18,20)/t12-/m1/s1. The quantitative estimate of drug-likeness (QED) is 0.906. The number of ether oxygens (including phenoxy) is 1. The van der Waals surface area contributed by atoms with Crippen LogP contribution in [0.25, 0.3) is 0 Å². The Morgan fingerprint density at radius 2 is 2.10 bits per heavy atom. The highest BCUT2D eigenvalue weighted by atomic mass is 16.5. The molecular weight excluding hydrogens is 268 g/mol. The first-order chi connectivity index (χ1) is 9.73. The second kappa shape index (κ2) is 5.87. The fourth-order valence-electron chi connectivity index (χ4n) is 2.32. The average molecular weight is 292 g/mol. The Kier molecular flexibility index (Phi) is 4.34. The van der Waals surface area contributed by atoms with Crippen molar-refractivity contribution >= 4 is 6.03 Å². The molecule has 0 saturated carbocycles. The molecule has 0 aromatic carbocycles. The zero-order valence-electron chi connectivity index (χ0n) is 13.4. The molecule has 1 N–H and O–H groups in total. The van der Waals surface area contributed by atoms with Crippen molar-refractivity contribution < 1.29 is 9.53 Å². The molecular formula is C15H24N4O2. The van der Waals surface area contributed by atoms with E-state index < -0.39 is 0 Å². The van der Waals surface area contributed by atoms with Gasteiger partial charge in [0.05, 0.1) is 6.54 Å². The molecule has 0 bridgehead atoms. The van der Waals surface area contributed by atoms with E-state index in [1.807, 2.05) is 40.7 Å². The van der Waals surface area contributed by atoms with E-state index in [9.17, 15) is 4.79 Å². The van der Waals surface area contributed by atoms with Crippen molar-refractivity contribution in [3.8, 4) is 5.88 Å². The van der Waals surface area contributed by atoms with Crippen LogP contribution < -0.4 is 10.1 Å². The van der Waals surface area contributed by atoms with Crippen LogP contribution in [0.5, 0.6) is 5.88 Å². The minimum Gasteiger partial charge on any atom is -0.472 e. The fourth-order valence-corrected chi connectivity index (χ4v) is 2.32. The molecule has 2 amide bonds. The molecule has 0 unspecified atom stereocenters. The van der Waals surface area contributed by atoms with Crippen LogP contribution in [0.4, 0.5) is 4.79 Å². The van der Waals surface area contributed by atoms with E-state index in [1.165, 1.54) is 0 Å². The maximum atomic E-state index is 12.1. The third-order valence-corrected chi connectivity index (χ3v) is 3.14. The van der Waals surface area contributed by atoms with Gasteiger partial charge in [-0.05, 0) is 34.6 Å². The first-order valence-corrected chi connectivity index (χ1v) is 7.29. The lowest BCUT2D eigenvalue weighted by Crippen LogP contribution is -2.48. The van der Waals surface area contributed by atoms with Crippen molar-refractivity contribution in [2.24, 2.45) is 0 Å². The summed E-state index contributed by atoms with van der Waals surface area (Å²) in [6.45, 7) is 11.0. The highest BCUT2D eigenvalue weighted by Crippen LogP contribution is 2.18. The third kappa shape index (κ3) is 4.58. The second-order valence-electron chi connectivity index (χ2n) is 6.55. The molecule has 6 nitrogen and oxygen atoms in total. The lowest BCUT2D eigenvalue weighted by molar-refractivity contribution is 0.177. The zero-order chi connectivity index (χ0) is 15.6. The van der Waals surface area contributed by atoms with Crippen LogP contribution in [-0.4, -0.2) is 45.6 Å². The molecule has 2 heterocycles. The molecule has 1 aromatic rings. The predicted molar refractivity (Wildman–Crippen MR) is 80.4 cm³/mol. The summed E-state index contributed by atoms with van der Waals surface area (Å²) in [5, 5.41) is 2.97. The highest BCUT2D eigenvalue weighted by molar-refractivity contribution is 5.75. The number of urea groups is 1. The van der Waals surface area contributed by atoms with Gasteiger partial charge in [0.25, 0.3) is 0 Å². The minimum atomic E-state index is -0.225. The van der Waals surface area contributed by atoms with E-state index in [4.69, 9.17) is 4.74 Å². The van der Waals surface area contributed by atoms with E-state index in [0.29, 0.717) is 24.8 Å². The molecule has 2 rings (SSSR count). The van der Waals surface area contributed by atoms with Gasteiger partial charge < -0.3 is 15.0 Å². The second-order valence-corrected chi connectivity index (χ2v) is 6.55. The van der Waals surface area contributed by atoms with E-state index in [0.717, 1.165) is 12.1 Å². The third-order valence-electron chi connectivity index (χ3n) is 3.14. The van der Waals surface area contributed by atoms with Gasteiger partial charge in [-0.15, -0.1) is 0 Å². The van der Waals surface area contributed by atoms with Crippen LogP contribution in [0.2, 0.25) is 0 Å². The molecule has 1 aliphatic rings. The Bertz CT molecular complexity index is 505. The summed E-state index contributed by atoms with van der Waals surface area (Å²) >= 11 is 0. The van der Waals surface area contributed by atoms with Crippen molar-refractivity contribution in [1.82, 2.24) is 20.2 Å². The molecule has 1 aromatic heterocycles. The lowest BCUT2D eigenvalue weighted by atomic mass is 10.1. The molecule has 1 fully saturated rings. The Morgan fingerprint density at radius 1 is 1.38 bits per heavy atom. The topological polar surface area (TPSA) is 67.3 Å². The first-order valence-electron chi connectivity index (χ1n) is 7.29. The Morgan fingerprint density at radius 3 is 2.71 bits per heavy atom. The van der Waals surface area contributed by atoms with E-state index >= 15 is 0 Å². The largest absolute Gasteiger partial charge is 0.472 e. The number of aromatic nitrogens is 2. The Balaban J connectivity index is 1.92. The number of hydrogen-bond acceptors (Lipinski definition) is 4. The molecule has 116 valence electrons. The number of nitrogens with one attached hydrogen (secondary N) is 1. The SMILES string of the molecule is Cc1cc(O[C@@H]2CCN(C(=O)NC(C)(C)C)C2)nc(C)n1. The summed E-state index contributed by atoms with van der Waals surface area (Å²) in [5.74, 6) is 1.29. The number of rotatable bonds is 2. The van der Waals surface area contributed by atoms with Gasteiger partial charge in [-0.2, -0.15) is 4.98 Å². The molecule has 0 spiro atoms. The number of hydrogen-bond donors (Lipinski definition) is 1. The van der Waals surface area contributed by atoms with Gasteiger partial charge in [-0.3, -0.25) is 0 Å². The van der Waals surface area contributed by atoms with Crippen LogP contribution in [0.15, 0.2) is 6.07 Å². The maximum absolute atomic E-state index is 12.1. The minimum absolute atomic E-state index is 0.00980. The number of aryl methyl sites for hydroxylation is 2. The number of carbonyl (C=O) groups is 1. The fraction of sp³-hybridized carbons (Fsp3) is 0.667. The maximum Gasteiger partial charge on any atom is 0.317 e. The van der Waals surface area contributed by atoms with Gasteiger partial charge in [0, 0.05) is 30.3 Å². The summed E-state index contributed by atoms with van der Waals surface area (Å²) in [6.07, 6.45) is 0.809. The molecule has 0 aliphatic carbocycles. The van der Waals surface area contributed by atoms with Gasteiger partial charge >= 0.3 is 6.03 Å². The van der Waals surface area contributed by atoms with Gasteiger partial charge in [0.1, 0.15) is 11.9 Å². The van der Waals surface area contributed by atoms with Gasteiger partial charge in [0.2, 0.25) is 5.88 Å². The summed E-state index contributed by atoms with van der Waals surface area (Å²) < 4.78 is 5.87. The smallest absolute Gasteiger partial charge is 0.317 e. The lowest BCUT2D eigenvalue weighted by Gasteiger charge is -2.25. The highest BCUT2D eigenvalue weighted by Gasteiger charge is 2.29. The summed E-state index contributed by atoms with van der Waals surface area (Å²) in [7, 11) is 0. The average Bonchev–Trinajstić information content (AvgIpc) is 2.73. The van der Waals surface area contributed by atoms with Crippen molar-refractivity contribution in [2.75, 3.05) is 13.1 Å².